The lowest BCUT2D eigenvalue weighted by Gasteiger charge is -2.10. The van der Waals surface area contributed by atoms with Gasteiger partial charge >= 0.3 is 0 Å². The largest absolute Gasteiger partial charge is 0.455 e. The molecular formula is C12H8Br2ClNO. The lowest BCUT2D eigenvalue weighted by molar-refractivity contribution is 0.476. The van der Waals surface area contributed by atoms with E-state index in [0.29, 0.717) is 16.1 Å². The molecule has 0 amide bonds. The van der Waals surface area contributed by atoms with E-state index in [2.05, 4.69) is 36.8 Å². The Balaban J connectivity index is 2.33. The Morgan fingerprint density at radius 1 is 1.29 bits per heavy atom. The van der Waals surface area contributed by atoms with E-state index in [-0.39, 0.29) is 0 Å². The summed E-state index contributed by atoms with van der Waals surface area (Å²) < 4.78 is 6.63. The third-order valence-corrected chi connectivity index (χ3v) is 3.47. The predicted octanol–water partition coefficient (Wildman–Crippen LogP) is 5.18. The highest BCUT2D eigenvalue weighted by Gasteiger charge is 2.08. The van der Waals surface area contributed by atoms with Crippen molar-refractivity contribution in [3.8, 4) is 11.5 Å². The van der Waals surface area contributed by atoms with Gasteiger partial charge in [-0.05, 0) is 34.1 Å². The first-order valence-electron chi connectivity index (χ1n) is 4.82. The molecule has 0 aliphatic heterocycles. The minimum absolute atomic E-state index is 0.642. The summed E-state index contributed by atoms with van der Waals surface area (Å²) in [5.74, 6) is 1.40. The molecule has 0 unspecified atom stereocenters. The van der Waals surface area contributed by atoms with Crippen LogP contribution in [0.5, 0.6) is 11.5 Å². The molecule has 0 N–H and O–H groups in total. The topological polar surface area (TPSA) is 22.1 Å². The van der Waals surface area contributed by atoms with Gasteiger partial charge in [0.15, 0.2) is 0 Å². The van der Waals surface area contributed by atoms with Crippen molar-refractivity contribution in [2.45, 2.75) is 5.33 Å². The van der Waals surface area contributed by atoms with Crippen molar-refractivity contribution in [2.75, 3.05) is 0 Å². The number of hydrogen-bond acceptors (Lipinski definition) is 2. The Hall–Kier alpha value is -0.580. The lowest BCUT2D eigenvalue weighted by Crippen LogP contribution is -1.91. The molecule has 0 aliphatic rings. The van der Waals surface area contributed by atoms with E-state index in [1.165, 1.54) is 0 Å². The zero-order valence-corrected chi connectivity index (χ0v) is 12.6. The van der Waals surface area contributed by atoms with Gasteiger partial charge in [0, 0.05) is 26.6 Å². The second kappa shape index (κ2) is 5.85. The molecular weight excluding hydrogens is 369 g/mol. The summed E-state index contributed by atoms with van der Waals surface area (Å²) in [5.41, 5.74) is 0.925. The van der Waals surface area contributed by atoms with Crippen molar-refractivity contribution < 1.29 is 4.74 Å². The van der Waals surface area contributed by atoms with E-state index in [9.17, 15) is 0 Å². The minimum atomic E-state index is 0.642. The zero-order chi connectivity index (χ0) is 12.3. The first kappa shape index (κ1) is 12.9. The molecule has 0 saturated carbocycles. The predicted molar refractivity (Wildman–Crippen MR) is 76.1 cm³/mol. The fraction of sp³-hybridized carbons (Fsp3) is 0.0833. The average molecular weight is 377 g/mol. The summed E-state index contributed by atoms with van der Waals surface area (Å²) in [6, 6.07) is 7.43. The molecule has 17 heavy (non-hydrogen) atoms. The maximum Gasteiger partial charge on any atom is 0.146 e. The molecule has 0 spiro atoms. The first-order chi connectivity index (χ1) is 8.20. The second-order valence-corrected chi connectivity index (χ2v) is 5.17. The van der Waals surface area contributed by atoms with Gasteiger partial charge in [0.1, 0.15) is 11.5 Å². The maximum absolute atomic E-state index is 6.09. The van der Waals surface area contributed by atoms with Gasteiger partial charge in [-0.1, -0.05) is 33.6 Å². The Bertz CT molecular complexity index is 534. The number of hydrogen-bond donors (Lipinski definition) is 0. The molecule has 0 bridgehead atoms. The van der Waals surface area contributed by atoms with Crippen LogP contribution in [-0.4, -0.2) is 4.98 Å². The lowest BCUT2D eigenvalue weighted by atomic mass is 10.2. The van der Waals surface area contributed by atoms with Gasteiger partial charge in [-0.2, -0.15) is 0 Å². The SMILES string of the molecule is Clc1cccc(Oc2cncc(Br)c2)c1CBr. The Labute approximate surface area is 121 Å². The van der Waals surface area contributed by atoms with Gasteiger partial charge in [-0.3, -0.25) is 4.98 Å². The average Bonchev–Trinajstić information content (AvgIpc) is 2.29. The molecule has 0 aliphatic carbocycles. The number of alkyl halides is 1. The van der Waals surface area contributed by atoms with E-state index < -0.39 is 0 Å². The number of aromatic nitrogens is 1. The molecule has 0 radical (unpaired) electrons. The minimum Gasteiger partial charge on any atom is -0.455 e. The van der Waals surface area contributed by atoms with E-state index >= 15 is 0 Å². The van der Waals surface area contributed by atoms with Gasteiger partial charge < -0.3 is 4.74 Å². The summed E-state index contributed by atoms with van der Waals surface area (Å²) in [5, 5.41) is 1.33. The molecule has 2 aromatic rings. The van der Waals surface area contributed by atoms with Crippen LogP contribution >= 0.6 is 43.5 Å². The highest BCUT2D eigenvalue weighted by atomic mass is 79.9. The molecule has 0 fully saturated rings. The molecule has 2 rings (SSSR count). The van der Waals surface area contributed by atoms with Crippen molar-refractivity contribution in [3.05, 3.63) is 51.7 Å². The van der Waals surface area contributed by atoms with Crippen molar-refractivity contribution in [2.24, 2.45) is 0 Å². The quantitative estimate of drug-likeness (QED) is 0.687. The van der Waals surface area contributed by atoms with Crippen molar-refractivity contribution >= 4 is 43.5 Å². The summed E-state index contributed by atoms with van der Waals surface area (Å²) in [6.07, 6.45) is 3.36. The van der Waals surface area contributed by atoms with Gasteiger partial charge in [0.25, 0.3) is 0 Å². The molecule has 2 nitrogen and oxygen atoms in total. The second-order valence-electron chi connectivity index (χ2n) is 3.29. The summed E-state index contributed by atoms with van der Waals surface area (Å²) >= 11 is 12.8. The van der Waals surface area contributed by atoms with Crippen LogP contribution in [0.4, 0.5) is 0 Å². The van der Waals surface area contributed by atoms with Crippen LogP contribution < -0.4 is 4.74 Å². The Morgan fingerprint density at radius 2 is 2.12 bits per heavy atom. The number of halogens is 3. The number of pyridine rings is 1. The van der Waals surface area contributed by atoms with Gasteiger partial charge in [0.2, 0.25) is 0 Å². The van der Waals surface area contributed by atoms with Crippen LogP contribution in [0.25, 0.3) is 0 Å². The first-order valence-corrected chi connectivity index (χ1v) is 7.11. The van der Waals surface area contributed by atoms with Crippen LogP contribution in [0.3, 0.4) is 0 Å². The van der Waals surface area contributed by atoms with Gasteiger partial charge in [-0.15, -0.1) is 0 Å². The molecule has 5 heteroatoms. The molecule has 1 aromatic carbocycles. The summed E-state index contributed by atoms with van der Waals surface area (Å²) in [4.78, 5) is 4.04. The molecule has 1 aromatic heterocycles. The number of ether oxygens (including phenoxy) is 1. The van der Waals surface area contributed by atoms with E-state index in [1.54, 1.807) is 12.4 Å². The molecule has 0 saturated heterocycles. The number of benzene rings is 1. The van der Waals surface area contributed by atoms with Crippen LogP contribution in [0.1, 0.15) is 5.56 Å². The Kier molecular flexibility index (Phi) is 4.42. The Morgan fingerprint density at radius 3 is 2.82 bits per heavy atom. The van der Waals surface area contributed by atoms with Crippen LogP contribution in [0, 0.1) is 0 Å². The molecule has 1 heterocycles. The van der Waals surface area contributed by atoms with Crippen LogP contribution in [0.2, 0.25) is 5.02 Å². The van der Waals surface area contributed by atoms with Crippen LogP contribution in [0.15, 0.2) is 41.1 Å². The molecule has 0 atom stereocenters. The summed E-state index contributed by atoms with van der Waals surface area (Å²) in [7, 11) is 0. The van der Waals surface area contributed by atoms with Gasteiger partial charge in [-0.25, -0.2) is 0 Å². The fourth-order valence-electron chi connectivity index (χ4n) is 1.34. The van der Waals surface area contributed by atoms with Gasteiger partial charge in [0.05, 0.1) is 6.20 Å². The molecule has 88 valence electrons. The van der Waals surface area contributed by atoms with Crippen molar-refractivity contribution in [3.63, 3.8) is 0 Å². The highest BCUT2D eigenvalue weighted by Crippen LogP contribution is 2.32. The normalized spacial score (nSPS) is 10.3. The van der Waals surface area contributed by atoms with E-state index in [1.807, 2.05) is 24.3 Å². The van der Waals surface area contributed by atoms with Crippen molar-refractivity contribution in [1.82, 2.24) is 4.98 Å². The summed E-state index contributed by atoms with van der Waals surface area (Å²) in [6.45, 7) is 0. The number of rotatable bonds is 3. The number of nitrogens with zero attached hydrogens (tertiary/aromatic N) is 1. The zero-order valence-electron chi connectivity index (χ0n) is 8.66. The fourth-order valence-corrected chi connectivity index (χ4v) is 2.66. The monoisotopic (exact) mass is 375 g/mol. The third-order valence-electron chi connectivity index (χ3n) is 2.12. The van der Waals surface area contributed by atoms with Crippen molar-refractivity contribution in [1.29, 1.82) is 0 Å². The van der Waals surface area contributed by atoms with Crippen LogP contribution in [-0.2, 0) is 5.33 Å². The maximum atomic E-state index is 6.09. The standard InChI is InChI=1S/C12H8Br2ClNO/c13-5-10-11(15)2-1-3-12(10)17-9-4-8(14)6-16-7-9/h1-4,6-7H,5H2. The smallest absolute Gasteiger partial charge is 0.146 e. The highest BCUT2D eigenvalue weighted by molar-refractivity contribution is 9.10. The van der Waals surface area contributed by atoms with E-state index in [4.69, 9.17) is 16.3 Å². The third kappa shape index (κ3) is 3.21. The van der Waals surface area contributed by atoms with E-state index in [0.717, 1.165) is 15.8 Å².